The molecule has 49 heavy (non-hydrogen) atoms. The summed E-state index contributed by atoms with van der Waals surface area (Å²) in [4.78, 5) is 0. The van der Waals surface area contributed by atoms with Crippen LogP contribution >= 0.6 is 0 Å². The molecule has 0 spiro atoms. The molecular weight excluding hydrogens is 593 g/mol. The van der Waals surface area contributed by atoms with Crippen molar-refractivity contribution in [2.45, 2.75) is 57.8 Å². The molecule has 238 valence electrons. The maximum Gasteiger partial charge on any atom is 0.0585 e. The number of rotatable bonds is 3. The maximum absolute atomic E-state index is 3.82. The lowest BCUT2D eigenvalue weighted by molar-refractivity contribution is 0.659. The second-order valence-electron chi connectivity index (χ2n) is 15.9. The Hall–Kier alpha value is -5.34. The van der Waals surface area contributed by atoms with Gasteiger partial charge in [0.15, 0.2) is 0 Å². The zero-order valence-corrected chi connectivity index (χ0v) is 29.1. The van der Waals surface area contributed by atoms with Crippen LogP contribution in [0.5, 0.6) is 0 Å². The van der Waals surface area contributed by atoms with Gasteiger partial charge < -0.3 is 9.88 Å². The fourth-order valence-corrected chi connectivity index (χ4v) is 9.67. The van der Waals surface area contributed by atoms with Gasteiger partial charge in [0, 0.05) is 44.3 Å². The molecule has 2 nitrogen and oxygen atoms in total. The average molecular weight is 633 g/mol. The number of hydrogen-bond acceptors (Lipinski definition) is 1. The largest absolute Gasteiger partial charge is 0.355 e. The monoisotopic (exact) mass is 632 g/mol. The molecule has 1 heterocycles. The summed E-state index contributed by atoms with van der Waals surface area (Å²) in [5, 5.41) is 5.15. The Labute approximate surface area is 289 Å². The molecule has 0 atom stereocenters. The summed E-state index contributed by atoms with van der Waals surface area (Å²) in [7, 11) is 0. The fourth-order valence-electron chi connectivity index (χ4n) is 9.67. The van der Waals surface area contributed by atoms with Crippen molar-refractivity contribution in [1.82, 2.24) is 4.57 Å². The molecule has 0 radical (unpaired) electrons. The first-order chi connectivity index (χ1) is 23.6. The zero-order valence-electron chi connectivity index (χ0n) is 29.1. The third-order valence-electron chi connectivity index (χ3n) is 12.1. The number of anilines is 2. The Bertz CT molecular complexity index is 2550. The van der Waals surface area contributed by atoms with Gasteiger partial charge in [-0.3, -0.25) is 0 Å². The number of hydrogen-bond donors (Lipinski definition) is 1. The third kappa shape index (κ3) is 3.67. The van der Waals surface area contributed by atoms with Crippen LogP contribution in [0.25, 0.3) is 50.1 Å². The molecule has 2 heteroatoms. The van der Waals surface area contributed by atoms with Crippen molar-refractivity contribution in [3.8, 4) is 39.2 Å². The van der Waals surface area contributed by atoms with Gasteiger partial charge >= 0.3 is 0 Å². The van der Waals surface area contributed by atoms with E-state index in [4.69, 9.17) is 0 Å². The first-order valence-corrected chi connectivity index (χ1v) is 17.6. The van der Waals surface area contributed by atoms with E-state index in [0.29, 0.717) is 0 Å². The van der Waals surface area contributed by atoms with E-state index in [1.165, 1.54) is 83.5 Å². The molecule has 0 saturated carbocycles. The van der Waals surface area contributed by atoms with E-state index in [0.717, 1.165) is 11.4 Å². The molecule has 1 N–H and O–H groups in total. The number of para-hydroxylation sites is 1. The number of nitrogens with zero attached hydrogens (tertiary/aromatic N) is 1. The van der Waals surface area contributed by atoms with Crippen molar-refractivity contribution in [3.05, 3.63) is 161 Å². The Morgan fingerprint density at radius 3 is 1.67 bits per heavy atom. The van der Waals surface area contributed by atoms with Gasteiger partial charge in [0.05, 0.1) is 11.2 Å². The molecule has 7 aromatic rings. The van der Waals surface area contributed by atoms with Crippen LogP contribution in [0.15, 0.2) is 127 Å². The second kappa shape index (κ2) is 9.42. The maximum atomic E-state index is 3.82. The molecule has 0 aliphatic heterocycles. The van der Waals surface area contributed by atoms with Crippen molar-refractivity contribution < 1.29 is 0 Å². The van der Waals surface area contributed by atoms with Crippen LogP contribution in [0.3, 0.4) is 0 Å². The van der Waals surface area contributed by atoms with Crippen molar-refractivity contribution in [3.63, 3.8) is 0 Å². The highest BCUT2D eigenvalue weighted by atomic mass is 15.0. The van der Waals surface area contributed by atoms with E-state index < -0.39 is 0 Å². The lowest BCUT2D eigenvalue weighted by Crippen LogP contribution is -2.15. The van der Waals surface area contributed by atoms with Gasteiger partial charge in [0.2, 0.25) is 0 Å². The van der Waals surface area contributed by atoms with Crippen molar-refractivity contribution in [1.29, 1.82) is 0 Å². The minimum absolute atomic E-state index is 0.0345. The van der Waals surface area contributed by atoms with Crippen molar-refractivity contribution >= 4 is 22.3 Å². The van der Waals surface area contributed by atoms with Gasteiger partial charge in [0.25, 0.3) is 0 Å². The number of benzene rings is 6. The molecule has 0 fully saturated rings. The van der Waals surface area contributed by atoms with E-state index in [2.05, 4.69) is 179 Å². The average Bonchev–Trinajstić information content (AvgIpc) is 3.73. The Morgan fingerprint density at radius 1 is 0.429 bits per heavy atom. The summed E-state index contributed by atoms with van der Waals surface area (Å²) in [6, 6.07) is 47.8. The summed E-state index contributed by atoms with van der Waals surface area (Å²) in [6.45, 7) is 14.2. The number of nitrogens with one attached hydrogen (secondary N) is 1. The topological polar surface area (TPSA) is 17.0 Å². The van der Waals surface area contributed by atoms with Crippen LogP contribution in [-0.2, 0) is 16.2 Å². The molecule has 3 aliphatic rings. The molecule has 0 saturated heterocycles. The molecule has 6 aromatic carbocycles. The predicted octanol–water partition coefficient (Wildman–Crippen LogP) is 12.3. The third-order valence-corrected chi connectivity index (χ3v) is 12.1. The smallest absolute Gasteiger partial charge is 0.0585 e. The number of fused-ring (bicyclic) bond motifs is 11. The van der Waals surface area contributed by atoms with Crippen molar-refractivity contribution in [2.24, 2.45) is 0 Å². The molecule has 1 aromatic heterocycles. The van der Waals surface area contributed by atoms with Crippen LogP contribution in [0.1, 0.15) is 74.9 Å². The quantitative estimate of drug-likeness (QED) is 0.205. The number of aromatic nitrogens is 1. The minimum Gasteiger partial charge on any atom is -0.355 e. The van der Waals surface area contributed by atoms with Crippen LogP contribution < -0.4 is 5.32 Å². The van der Waals surface area contributed by atoms with E-state index in [1.54, 1.807) is 0 Å². The van der Waals surface area contributed by atoms with Gasteiger partial charge in [-0.1, -0.05) is 126 Å². The lowest BCUT2D eigenvalue weighted by atomic mass is 9.81. The summed E-state index contributed by atoms with van der Waals surface area (Å²) in [6.07, 6.45) is 0. The standard InChI is InChI=1S/C47H40N2/c1-45(2)37-16-10-7-13-31(37)33-22-19-29(26-40(33)45)48-28-20-24-39-36(25-28)44-43(47(39,5)6)35-15-9-12-18-42(35)49(44)30-21-23-34-32-14-8-11-17-38(32)46(3,4)41(34)27-30/h7-27,48H,1-6H3. The van der Waals surface area contributed by atoms with Gasteiger partial charge in [-0.25, -0.2) is 0 Å². The zero-order chi connectivity index (χ0) is 33.4. The van der Waals surface area contributed by atoms with Crippen LogP contribution in [0.2, 0.25) is 0 Å². The molecular formula is C47H40N2. The van der Waals surface area contributed by atoms with E-state index >= 15 is 0 Å². The van der Waals surface area contributed by atoms with Gasteiger partial charge in [-0.2, -0.15) is 0 Å². The Kier molecular flexibility index (Phi) is 5.51. The molecule has 0 amide bonds. The summed E-state index contributed by atoms with van der Waals surface area (Å²) >= 11 is 0. The first-order valence-electron chi connectivity index (χ1n) is 17.6. The van der Waals surface area contributed by atoms with Crippen LogP contribution in [0, 0.1) is 0 Å². The Balaban J connectivity index is 1.12. The first kappa shape index (κ1) is 28.7. The molecule has 0 unspecified atom stereocenters. The highest BCUT2D eigenvalue weighted by molar-refractivity contribution is 6.00. The lowest BCUT2D eigenvalue weighted by Gasteiger charge is -2.23. The Morgan fingerprint density at radius 2 is 0.959 bits per heavy atom. The summed E-state index contributed by atoms with van der Waals surface area (Å²) in [5.41, 5.74) is 20.9. The van der Waals surface area contributed by atoms with E-state index in [-0.39, 0.29) is 16.2 Å². The fraction of sp³-hybridized carbons (Fsp3) is 0.191. The highest BCUT2D eigenvalue weighted by Crippen LogP contribution is 2.56. The van der Waals surface area contributed by atoms with Crippen LogP contribution in [0.4, 0.5) is 11.4 Å². The normalized spacial score (nSPS) is 16.4. The SMILES string of the molecule is CC1(C)c2ccccc2-c2ccc(Nc3ccc4c(c3)-c3c(c5ccccc5n3-c3ccc5c(c3)C(C)(C)c3ccccc3-5)C4(C)C)cc21. The second-order valence-corrected chi connectivity index (χ2v) is 15.9. The van der Waals surface area contributed by atoms with Gasteiger partial charge in [-0.05, 0) is 98.1 Å². The summed E-state index contributed by atoms with van der Waals surface area (Å²) in [5.74, 6) is 0. The van der Waals surface area contributed by atoms with Gasteiger partial charge in [-0.15, -0.1) is 0 Å². The minimum atomic E-state index is -0.135. The van der Waals surface area contributed by atoms with Crippen LogP contribution in [-0.4, -0.2) is 4.57 Å². The molecule has 0 bridgehead atoms. The van der Waals surface area contributed by atoms with Gasteiger partial charge in [0.1, 0.15) is 0 Å². The van der Waals surface area contributed by atoms with Crippen molar-refractivity contribution in [2.75, 3.05) is 5.32 Å². The van der Waals surface area contributed by atoms with E-state index in [9.17, 15) is 0 Å². The highest BCUT2D eigenvalue weighted by Gasteiger charge is 2.42. The molecule has 3 aliphatic carbocycles. The predicted molar refractivity (Wildman–Crippen MR) is 206 cm³/mol. The molecule has 10 rings (SSSR count). The summed E-state index contributed by atoms with van der Waals surface area (Å²) < 4.78 is 2.54. The van der Waals surface area contributed by atoms with E-state index in [1.807, 2.05) is 0 Å².